The quantitative estimate of drug-likeness (QED) is 0.686. The van der Waals surface area contributed by atoms with E-state index in [1.54, 1.807) is 0 Å². The fraction of sp³-hybridized carbons (Fsp3) is 1.00. The Bertz CT molecular complexity index is 188. The average Bonchev–Trinajstić information content (AvgIpc) is 2.34. The van der Waals surface area contributed by atoms with Crippen LogP contribution in [0.4, 0.5) is 0 Å². The molecule has 1 atom stereocenters. The Morgan fingerprint density at radius 3 is 2.59 bits per heavy atom. The van der Waals surface area contributed by atoms with E-state index in [4.69, 9.17) is 0 Å². The predicted molar refractivity (Wildman–Crippen MR) is 75.5 cm³/mol. The number of rotatable bonds is 7. The van der Waals surface area contributed by atoms with Crippen LogP contribution in [0.15, 0.2) is 0 Å². The first kappa shape index (κ1) is 14.9. The maximum atomic E-state index is 3.40. The molecule has 0 amide bonds. The van der Waals surface area contributed by atoms with Gasteiger partial charge < -0.3 is 15.1 Å². The minimum atomic E-state index is 0.724. The second kappa shape index (κ2) is 8.06. The minimum Gasteiger partial charge on any atom is -0.317 e. The second-order valence-electron chi connectivity index (χ2n) is 5.54. The average molecular weight is 241 g/mol. The molecule has 1 saturated heterocycles. The molecule has 1 aliphatic rings. The molecule has 17 heavy (non-hydrogen) atoms. The second-order valence-corrected chi connectivity index (χ2v) is 5.54. The van der Waals surface area contributed by atoms with Gasteiger partial charge in [0.15, 0.2) is 0 Å². The first-order chi connectivity index (χ1) is 8.15. The zero-order valence-electron chi connectivity index (χ0n) is 12.2. The topological polar surface area (TPSA) is 18.5 Å². The van der Waals surface area contributed by atoms with Crippen LogP contribution in [0.25, 0.3) is 0 Å². The van der Waals surface area contributed by atoms with Gasteiger partial charge in [0.2, 0.25) is 0 Å². The van der Waals surface area contributed by atoms with E-state index >= 15 is 0 Å². The van der Waals surface area contributed by atoms with Gasteiger partial charge in [-0.1, -0.05) is 6.92 Å². The van der Waals surface area contributed by atoms with Gasteiger partial charge in [-0.05, 0) is 72.9 Å². The fourth-order valence-electron chi connectivity index (χ4n) is 2.67. The van der Waals surface area contributed by atoms with E-state index < -0.39 is 0 Å². The van der Waals surface area contributed by atoms with Gasteiger partial charge in [-0.15, -0.1) is 0 Å². The zero-order chi connectivity index (χ0) is 12.7. The van der Waals surface area contributed by atoms with E-state index in [1.165, 1.54) is 45.3 Å². The molecule has 1 rings (SSSR count). The fourth-order valence-corrected chi connectivity index (χ4v) is 2.67. The first-order valence-electron chi connectivity index (χ1n) is 7.26. The van der Waals surface area contributed by atoms with Crippen molar-refractivity contribution in [2.24, 2.45) is 0 Å². The van der Waals surface area contributed by atoms with Crippen LogP contribution >= 0.6 is 0 Å². The molecule has 102 valence electrons. The van der Waals surface area contributed by atoms with Crippen LogP contribution in [0, 0.1) is 0 Å². The zero-order valence-corrected chi connectivity index (χ0v) is 12.2. The summed E-state index contributed by atoms with van der Waals surface area (Å²) in [5.74, 6) is 0. The molecule has 0 aromatic rings. The summed E-state index contributed by atoms with van der Waals surface area (Å²) in [5, 5.41) is 3.40. The number of hydrogen-bond acceptors (Lipinski definition) is 3. The van der Waals surface area contributed by atoms with Crippen LogP contribution in [0.3, 0.4) is 0 Å². The summed E-state index contributed by atoms with van der Waals surface area (Å²) in [7, 11) is 4.55. The van der Waals surface area contributed by atoms with E-state index in [9.17, 15) is 0 Å². The summed E-state index contributed by atoms with van der Waals surface area (Å²) < 4.78 is 0. The lowest BCUT2D eigenvalue weighted by Gasteiger charge is -2.38. The third-order valence-electron chi connectivity index (χ3n) is 4.18. The third kappa shape index (κ3) is 5.36. The number of piperidine rings is 1. The Hall–Kier alpha value is -0.120. The summed E-state index contributed by atoms with van der Waals surface area (Å²) in [6.07, 6.45) is 5.29. The monoisotopic (exact) mass is 241 g/mol. The van der Waals surface area contributed by atoms with Gasteiger partial charge in [-0.3, -0.25) is 0 Å². The highest BCUT2D eigenvalue weighted by atomic mass is 15.2. The molecule has 0 aliphatic carbocycles. The summed E-state index contributed by atoms with van der Waals surface area (Å²) in [4.78, 5) is 5.05. The Balaban J connectivity index is 2.19. The lowest BCUT2D eigenvalue weighted by molar-refractivity contribution is 0.109. The number of nitrogens with zero attached hydrogens (tertiary/aromatic N) is 2. The molecule has 0 spiro atoms. The van der Waals surface area contributed by atoms with Crippen molar-refractivity contribution in [2.75, 3.05) is 40.3 Å². The largest absolute Gasteiger partial charge is 0.317 e. The van der Waals surface area contributed by atoms with Crippen molar-refractivity contribution in [1.29, 1.82) is 0 Å². The molecule has 0 aromatic heterocycles. The number of hydrogen-bond donors (Lipinski definition) is 1. The molecule has 0 saturated carbocycles. The number of nitrogens with one attached hydrogen (secondary N) is 1. The van der Waals surface area contributed by atoms with Crippen LogP contribution in [0.2, 0.25) is 0 Å². The van der Waals surface area contributed by atoms with Gasteiger partial charge in [0.1, 0.15) is 0 Å². The normalized spacial score (nSPS) is 21.0. The van der Waals surface area contributed by atoms with Crippen molar-refractivity contribution in [3.05, 3.63) is 0 Å². The van der Waals surface area contributed by atoms with Gasteiger partial charge in [0.05, 0.1) is 0 Å². The lowest BCUT2D eigenvalue weighted by atomic mass is 10.0. The first-order valence-corrected chi connectivity index (χ1v) is 7.26. The van der Waals surface area contributed by atoms with Gasteiger partial charge in [0, 0.05) is 12.1 Å². The van der Waals surface area contributed by atoms with Gasteiger partial charge in [-0.25, -0.2) is 0 Å². The van der Waals surface area contributed by atoms with Crippen molar-refractivity contribution in [3.8, 4) is 0 Å². The standard InChI is InChI=1S/C14H31N3/c1-5-15-10-6-7-13(2)17(4)14-8-11-16(3)12-9-14/h13-15H,5-12H2,1-4H3. The molecule has 0 radical (unpaired) electrons. The SMILES string of the molecule is CCNCCCC(C)N(C)C1CCN(C)CC1. The van der Waals surface area contributed by atoms with E-state index in [1.807, 2.05) is 0 Å². The third-order valence-corrected chi connectivity index (χ3v) is 4.18. The van der Waals surface area contributed by atoms with Crippen LogP contribution < -0.4 is 5.32 Å². The van der Waals surface area contributed by atoms with E-state index in [0.717, 1.165) is 18.6 Å². The maximum absolute atomic E-state index is 3.40. The Morgan fingerprint density at radius 2 is 2.00 bits per heavy atom. The Kier molecular flexibility index (Phi) is 7.09. The van der Waals surface area contributed by atoms with Gasteiger partial charge in [0.25, 0.3) is 0 Å². The molecular formula is C14H31N3. The van der Waals surface area contributed by atoms with Crippen LogP contribution in [0.1, 0.15) is 39.5 Å². The Labute approximate surface area is 108 Å². The molecule has 0 aromatic carbocycles. The van der Waals surface area contributed by atoms with E-state index in [0.29, 0.717) is 0 Å². The maximum Gasteiger partial charge on any atom is 0.0119 e. The highest BCUT2D eigenvalue weighted by Gasteiger charge is 2.23. The van der Waals surface area contributed by atoms with E-state index in [-0.39, 0.29) is 0 Å². The predicted octanol–water partition coefficient (Wildman–Crippen LogP) is 1.79. The highest BCUT2D eigenvalue weighted by molar-refractivity contribution is 4.79. The van der Waals surface area contributed by atoms with Crippen molar-refractivity contribution in [2.45, 2.75) is 51.6 Å². The van der Waals surface area contributed by atoms with Gasteiger partial charge >= 0.3 is 0 Å². The summed E-state index contributed by atoms with van der Waals surface area (Å²) in [6, 6.07) is 1.53. The molecule has 1 heterocycles. The van der Waals surface area contributed by atoms with Crippen molar-refractivity contribution >= 4 is 0 Å². The van der Waals surface area contributed by atoms with Crippen molar-refractivity contribution < 1.29 is 0 Å². The van der Waals surface area contributed by atoms with Crippen LogP contribution in [0.5, 0.6) is 0 Å². The molecular weight excluding hydrogens is 210 g/mol. The molecule has 1 aliphatic heterocycles. The molecule has 1 N–H and O–H groups in total. The lowest BCUT2D eigenvalue weighted by Crippen LogP contribution is -2.45. The summed E-state index contributed by atoms with van der Waals surface area (Å²) in [5.41, 5.74) is 0. The Morgan fingerprint density at radius 1 is 1.35 bits per heavy atom. The smallest absolute Gasteiger partial charge is 0.0119 e. The van der Waals surface area contributed by atoms with Crippen LogP contribution in [-0.4, -0.2) is 62.2 Å². The number of likely N-dealkylation sites (tertiary alicyclic amines) is 1. The summed E-state index contributed by atoms with van der Waals surface area (Å²) >= 11 is 0. The molecule has 1 unspecified atom stereocenters. The highest BCUT2D eigenvalue weighted by Crippen LogP contribution is 2.18. The van der Waals surface area contributed by atoms with Gasteiger partial charge in [-0.2, -0.15) is 0 Å². The minimum absolute atomic E-state index is 0.724. The molecule has 1 fully saturated rings. The van der Waals surface area contributed by atoms with E-state index in [2.05, 4.69) is 43.1 Å². The molecule has 3 heteroatoms. The van der Waals surface area contributed by atoms with Crippen molar-refractivity contribution in [1.82, 2.24) is 15.1 Å². The summed E-state index contributed by atoms with van der Waals surface area (Å²) in [6.45, 7) is 9.35. The van der Waals surface area contributed by atoms with Crippen molar-refractivity contribution in [3.63, 3.8) is 0 Å². The molecule has 0 bridgehead atoms. The molecule has 3 nitrogen and oxygen atoms in total. The van der Waals surface area contributed by atoms with Crippen LogP contribution in [-0.2, 0) is 0 Å².